The molecule has 3 rings (SSSR count). The van der Waals surface area contributed by atoms with Crippen LogP contribution in [-0.2, 0) is 4.79 Å². The summed E-state index contributed by atoms with van der Waals surface area (Å²) in [6.45, 7) is 6.06. The molecule has 0 aliphatic rings. The van der Waals surface area contributed by atoms with Gasteiger partial charge in [0.25, 0.3) is 0 Å². The second-order valence-corrected chi connectivity index (χ2v) is 7.29. The molecular formula is C20H21N3OS. The zero-order valence-electron chi connectivity index (χ0n) is 14.6. The molecule has 2 aromatic carbocycles. The minimum atomic E-state index is -0.257. The molecule has 0 fully saturated rings. The minimum absolute atomic E-state index is 0.0358. The highest BCUT2D eigenvalue weighted by molar-refractivity contribution is 8.00. The van der Waals surface area contributed by atoms with E-state index in [-0.39, 0.29) is 11.2 Å². The van der Waals surface area contributed by atoms with Gasteiger partial charge in [-0.1, -0.05) is 47.7 Å². The second kappa shape index (κ2) is 7.57. The van der Waals surface area contributed by atoms with E-state index in [2.05, 4.69) is 42.3 Å². The van der Waals surface area contributed by atoms with Crippen LogP contribution in [0.2, 0.25) is 0 Å². The van der Waals surface area contributed by atoms with Crippen LogP contribution in [0.1, 0.15) is 18.1 Å². The fraction of sp³-hybridized carbons (Fsp3) is 0.200. The maximum Gasteiger partial charge on any atom is 0.237 e. The van der Waals surface area contributed by atoms with Crippen LogP contribution in [-0.4, -0.2) is 20.7 Å². The Hall–Kier alpha value is -2.53. The van der Waals surface area contributed by atoms with E-state index in [1.54, 1.807) is 6.20 Å². The van der Waals surface area contributed by atoms with Crippen molar-refractivity contribution in [3.8, 4) is 5.69 Å². The van der Waals surface area contributed by atoms with Crippen LogP contribution < -0.4 is 5.32 Å². The van der Waals surface area contributed by atoms with E-state index >= 15 is 0 Å². The number of aromatic nitrogens is 2. The molecule has 1 aromatic heterocycles. The van der Waals surface area contributed by atoms with E-state index in [1.165, 1.54) is 22.9 Å². The molecule has 0 radical (unpaired) electrons. The van der Waals surface area contributed by atoms with Gasteiger partial charge in [-0.05, 0) is 44.5 Å². The molecule has 1 unspecified atom stereocenters. The number of hydrogen-bond acceptors (Lipinski definition) is 3. The van der Waals surface area contributed by atoms with Crippen LogP contribution in [0, 0.1) is 13.8 Å². The Kier molecular flexibility index (Phi) is 5.24. The molecule has 128 valence electrons. The summed E-state index contributed by atoms with van der Waals surface area (Å²) in [5, 5.41) is 3.49. The third-order valence-electron chi connectivity index (χ3n) is 3.91. The molecule has 0 aliphatic carbocycles. The Balaban J connectivity index is 1.75. The largest absolute Gasteiger partial charge is 0.325 e. The van der Waals surface area contributed by atoms with E-state index in [0.29, 0.717) is 0 Å². The SMILES string of the molecule is Cc1ccc(-n2ccnc2SC(C)C(=O)Nc2ccccc2)c(C)c1. The Labute approximate surface area is 152 Å². The topological polar surface area (TPSA) is 46.9 Å². The molecule has 0 bridgehead atoms. The first-order valence-corrected chi connectivity index (χ1v) is 9.06. The summed E-state index contributed by atoms with van der Waals surface area (Å²) in [7, 11) is 0. The van der Waals surface area contributed by atoms with E-state index in [1.807, 2.05) is 48.0 Å². The van der Waals surface area contributed by atoms with Gasteiger partial charge in [-0.25, -0.2) is 4.98 Å². The molecule has 0 aliphatic heterocycles. The number of benzene rings is 2. The van der Waals surface area contributed by atoms with Crippen LogP contribution >= 0.6 is 11.8 Å². The lowest BCUT2D eigenvalue weighted by atomic mass is 10.1. The predicted octanol–water partition coefficient (Wildman–Crippen LogP) is 4.61. The van der Waals surface area contributed by atoms with Crippen LogP contribution in [0.4, 0.5) is 5.69 Å². The Bertz CT molecular complexity index is 874. The molecule has 1 N–H and O–H groups in total. The molecule has 5 heteroatoms. The lowest BCUT2D eigenvalue weighted by molar-refractivity contribution is -0.115. The zero-order valence-corrected chi connectivity index (χ0v) is 15.4. The van der Waals surface area contributed by atoms with Crippen LogP contribution in [0.25, 0.3) is 5.69 Å². The second-order valence-electron chi connectivity index (χ2n) is 5.99. The molecule has 1 heterocycles. The molecular weight excluding hydrogens is 330 g/mol. The molecule has 4 nitrogen and oxygen atoms in total. The number of nitrogens with one attached hydrogen (secondary N) is 1. The number of aryl methyl sites for hydroxylation is 2. The summed E-state index contributed by atoms with van der Waals surface area (Å²) >= 11 is 1.45. The first-order chi connectivity index (χ1) is 12.0. The number of anilines is 1. The standard InChI is InChI=1S/C20H21N3OS/c1-14-9-10-18(15(2)13-14)23-12-11-21-20(23)25-16(3)19(24)22-17-7-5-4-6-8-17/h4-13,16H,1-3H3,(H,22,24). The fourth-order valence-electron chi connectivity index (χ4n) is 2.61. The molecule has 0 saturated carbocycles. The molecule has 25 heavy (non-hydrogen) atoms. The number of carbonyl (C=O) groups is 1. The third-order valence-corrected chi connectivity index (χ3v) is 4.99. The highest BCUT2D eigenvalue weighted by atomic mass is 32.2. The van der Waals surface area contributed by atoms with Crippen LogP contribution in [0.5, 0.6) is 0 Å². The number of thioether (sulfide) groups is 1. The smallest absolute Gasteiger partial charge is 0.237 e. The van der Waals surface area contributed by atoms with E-state index < -0.39 is 0 Å². The highest BCUT2D eigenvalue weighted by Crippen LogP contribution is 2.27. The fourth-order valence-corrected chi connectivity index (χ4v) is 3.49. The Morgan fingerprint density at radius 2 is 1.92 bits per heavy atom. The van der Waals surface area contributed by atoms with Gasteiger partial charge in [0.1, 0.15) is 0 Å². The van der Waals surface area contributed by atoms with Crippen molar-refractivity contribution in [3.63, 3.8) is 0 Å². The van der Waals surface area contributed by atoms with Crippen molar-refractivity contribution in [1.29, 1.82) is 0 Å². The van der Waals surface area contributed by atoms with Gasteiger partial charge in [0.05, 0.1) is 10.9 Å². The maximum atomic E-state index is 12.4. The van der Waals surface area contributed by atoms with Crippen molar-refractivity contribution >= 4 is 23.4 Å². The van der Waals surface area contributed by atoms with Crippen molar-refractivity contribution < 1.29 is 4.79 Å². The summed E-state index contributed by atoms with van der Waals surface area (Å²) in [6.07, 6.45) is 3.70. The highest BCUT2D eigenvalue weighted by Gasteiger charge is 2.18. The van der Waals surface area contributed by atoms with E-state index in [9.17, 15) is 4.79 Å². The maximum absolute atomic E-state index is 12.4. The van der Waals surface area contributed by atoms with Gasteiger partial charge < -0.3 is 5.32 Å². The van der Waals surface area contributed by atoms with Gasteiger partial charge in [-0.15, -0.1) is 0 Å². The summed E-state index contributed by atoms with van der Waals surface area (Å²) in [5.74, 6) is -0.0358. The molecule has 0 spiro atoms. The number of rotatable bonds is 5. The van der Waals surface area contributed by atoms with Crippen molar-refractivity contribution in [1.82, 2.24) is 9.55 Å². The monoisotopic (exact) mass is 351 g/mol. The number of hydrogen-bond donors (Lipinski definition) is 1. The van der Waals surface area contributed by atoms with Gasteiger partial charge in [-0.3, -0.25) is 9.36 Å². The van der Waals surface area contributed by atoms with Crippen molar-refractivity contribution in [3.05, 3.63) is 72.1 Å². The summed E-state index contributed by atoms with van der Waals surface area (Å²) in [4.78, 5) is 16.9. The summed E-state index contributed by atoms with van der Waals surface area (Å²) in [6, 6.07) is 15.8. The molecule has 1 amide bonds. The summed E-state index contributed by atoms with van der Waals surface area (Å²) in [5.41, 5.74) is 4.30. The number of amides is 1. The lowest BCUT2D eigenvalue weighted by Gasteiger charge is -2.14. The van der Waals surface area contributed by atoms with Gasteiger partial charge >= 0.3 is 0 Å². The quantitative estimate of drug-likeness (QED) is 0.683. The molecule has 0 saturated heterocycles. The number of para-hydroxylation sites is 1. The average Bonchev–Trinajstić information content (AvgIpc) is 3.03. The van der Waals surface area contributed by atoms with Gasteiger partial charge in [0, 0.05) is 18.1 Å². The van der Waals surface area contributed by atoms with E-state index in [0.717, 1.165) is 16.5 Å². The Morgan fingerprint density at radius 3 is 2.64 bits per heavy atom. The normalized spacial score (nSPS) is 12.0. The summed E-state index contributed by atoms with van der Waals surface area (Å²) < 4.78 is 2.03. The number of imidazole rings is 1. The lowest BCUT2D eigenvalue weighted by Crippen LogP contribution is -2.22. The number of nitrogens with zero attached hydrogens (tertiary/aromatic N) is 2. The van der Waals surface area contributed by atoms with Crippen molar-refractivity contribution in [2.24, 2.45) is 0 Å². The van der Waals surface area contributed by atoms with Crippen molar-refractivity contribution in [2.45, 2.75) is 31.2 Å². The predicted molar refractivity (Wildman–Crippen MR) is 103 cm³/mol. The van der Waals surface area contributed by atoms with Crippen LogP contribution in [0.15, 0.2) is 66.1 Å². The average molecular weight is 351 g/mol. The van der Waals surface area contributed by atoms with Crippen LogP contribution in [0.3, 0.4) is 0 Å². The Morgan fingerprint density at radius 1 is 1.16 bits per heavy atom. The zero-order chi connectivity index (χ0) is 17.8. The third kappa shape index (κ3) is 4.12. The first-order valence-electron chi connectivity index (χ1n) is 8.18. The first kappa shape index (κ1) is 17.3. The minimum Gasteiger partial charge on any atom is -0.325 e. The van der Waals surface area contributed by atoms with E-state index in [4.69, 9.17) is 0 Å². The molecule has 1 atom stereocenters. The number of carbonyl (C=O) groups excluding carboxylic acids is 1. The van der Waals surface area contributed by atoms with Gasteiger partial charge in [0.15, 0.2) is 5.16 Å². The van der Waals surface area contributed by atoms with Gasteiger partial charge in [0.2, 0.25) is 5.91 Å². The molecule has 3 aromatic rings. The van der Waals surface area contributed by atoms with Gasteiger partial charge in [-0.2, -0.15) is 0 Å². The van der Waals surface area contributed by atoms with Crippen molar-refractivity contribution in [2.75, 3.05) is 5.32 Å².